The molecule has 0 radical (unpaired) electrons. The number of hydrogen-bond donors (Lipinski definition) is 0. The van der Waals surface area contributed by atoms with Crippen molar-refractivity contribution in [2.75, 3.05) is 7.11 Å². The maximum Gasteiger partial charge on any atom is 0.335 e. The van der Waals surface area contributed by atoms with Crippen molar-refractivity contribution in [2.45, 2.75) is 57.3 Å². The molecule has 2 aliphatic heterocycles. The number of hydrogen-bond acceptors (Lipinski definition) is 6. The van der Waals surface area contributed by atoms with E-state index in [4.69, 9.17) is 23.7 Å². The topological polar surface area (TPSA) is 63.2 Å². The summed E-state index contributed by atoms with van der Waals surface area (Å²) in [7, 11) is 1.34. The van der Waals surface area contributed by atoms with Crippen LogP contribution in [0.3, 0.4) is 0 Å². The quantitative estimate of drug-likeness (QED) is 0.790. The lowest BCUT2D eigenvalue weighted by Crippen LogP contribution is -2.50. The molecule has 0 N–H and O–H groups in total. The number of ether oxygens (including phenoxy) is 5. The van der Waals surface area contributed by atoms with Crippen molar-refractivity contribution in [1.82, 2.24) is 0 Å². The molecule has 2 aliphatic rings. The number of fused-ring (bicyclic) bond motifs is 1. The summed E-state index contributed by atoms with van der Waals surface area (Å²) in [6.45, 7) is 4.07. The molecule has 4 unspecified atom stereocenters. The van der Waals surface area contributed by atoms with Gasteiger partial charge in [0.25, 0.3) is 0 Å². The second-order valence-electron chi connectivity index (χ2n) is 6.19. The normalized spacial score (nSPS) is 32.3. The third-order valence-electron chi connectivity index (χ3n) is 3.97. The van der Waals surface area contributed by atoms with Crippen LogP contribution in [0.5, 0.6) is 0 Å². The molecule has 0 aliphatic carbocycles. The molecule has 126 valence electrons. The Morgan fingerprint density at radius 2 is 2.00 bits per heavy atom. The van der Waals surface area contributed by atoms with E-state index >= 15 is 0 Å². The molecule has 6 heteroatoms. The van der Waals surface area contributed by atoms with Crippen molar-refractivity contribution in [3.63, 3.8) is 0 Å². The van der Waals surface area contributed by atoms with E-state index in [1.807, 2.05) is 44.2 Å². The number of rotatable bonds is 4. The minimum Gasteiger partial charge on any atom is -0.467 e. The van der Waals surface area contributed by atoms with E-state index in [2.05, 4.69) is 0 Å². The molecule has 4 atom stereocenters. The van der Waals surface area contributed by atoms with Crippen molar-refractivity contribution in [3.05, 3.63) is 35.9 Å². The van der Waals surface area contributed by atoms with Gasteiger partial charge >= 0.3 is 5.97 Å². The molecule has 0 aromatic heterocycles. The smallest absolute Gasteiger partial charge is 0.335 e. The highest BCUT2D eigenvalue weighted by Crippen LogP contribution is 2.37. The predicted octanol–water partition coefficient (Wildman–Crippen LogP) is 2.01. The summed E-state index contributed by atoms with van der Waals surface area (Å²) in [5.74, 6) is -1.20. The van der Waals surface area contributed by atoms with E-state index in [0.717, 1.165) is 5.56 Å². The molecule has 0 saturated carbocycles. The van der Waals surface area contributed by atoms with Crippen LogP contribution in [-0.4, -0.2) is 43.5 Å². The standard InChI is InChI=1S/C17H22O6/c1-17(2)22-14-12(20-10-11-7-5-4-6-8-11)9-13(15(18)19-3)21-16(14)23-17/h4-8,12-14,16H,9-10H2,1-3H3. The Balaban J connectivity index is 1.71. The second-order valence-corrected chi connectivity index (χ2v) is 6.19. The third kappa shape index (κ3) is 3.72. The van der Waals surface area contributed by atoms with Crippen molar-refractivity contribution in [3.8, 4) is 0 Å². The fraction of sp³-hybridized carbons (Fsp3) is 0.588. The van der Waals surface area contributed by atoms with Gasteiger partial charge in [-0.15, -0.1) is 0 Å². The van der Waals surface area contributed by atoms with Crippen LogP contribution in [-0.2, 0) is 35.1 Å². The summed E-state index contributed by atoms with van der Waals surface area (Å²) in [5, 5.41) is 0. The lowest BCUT2D eigenvalue weighted by Gasteiger charge is -2.35. The van der Waals surface area contributed by atoms with E-state index in [-0.39, 0.29) is 12.2 Å². The summed E-state index contributed by atoms with van der Waals surface area (Å²) >= 11 is 0. The molecule has 3 rings (SSSR count). The minimum absolute atomic E-state index is 0.306. The molecule has 0 spiro atoms. The van der Waals surface area contributed by atoms with Crippen LogP contribution in [0.4, 0.5) is 0 Å². The molecule has 2 saturated heterocycles. The first-order chi connectivity index (χ1) is 11.0. The molecule has 23 heavy (non-hydrogen) atoms. The van der Waals surface area contributed by atoms with Gasteiger partial charge in [-0.2, -0.15) is 0 Å². The highest BCUT2D eigenvalue weighted by molar-refractivity contribution is 5.74. The Morgan fingerprint density at radius 3 is 2.70 bits per heavy atom. The van der Waals surface area contributed by atoms with Gasteiger partial charge in [0.05, 0.1) is 19.8 Å². The largest absolute Gasteiger partial charge is 0.467 e. The Hall–Kier alpha value is -1.47. The van der Waals surface area contributed by atoms with Gasteiger partial charge in [-0.25, -0.2) is 4.79 Å². The molecule has 1 aromatic carbocycles. The van der Waals surface area contributed by atoms with Crippen LogP contribution < -0.4 is 0 Å². The fourth-order valence-electron chi connectivity index (χ4n) is 2.90. The Morgan fingerprint density at radius 1 is 1.26 bits per heavy atom. The first-order valence-corrected chi connectivity index (χ1v) is 7.73. The van der Waals surface area contributed by atoms with Crippen LogP contribution in [0.15, 0.2) is 30.3 Å². The summed E-state index contributed by atoms with van der Waals surface area (Å²) in [5.41, 5.74) is 1.06. The first kappa shape index (κ1) is 16.4. The fourth-order valence-corrected chi connectivity index (χ4v) is 2.90. The average Bonchev–Trinajstić information content (AvgIpc) is 2.86. The summed E-state index contributed by atoms with van der Waals surface area (Å²) in [6.07, 6.45) is -1.64. The van der Waals surface area contributed by atoms with Crippen LogP contribution in [0.25, 0.3) is 0 Å². The number of carbonyl (C=O) groups is 1. The highest BCUT2D eigenvalue weighted by Gasteiger charge is 2.52. The molecular formula is C17H22O6. The lowest BCUT2D eigenvalue weighted by molar-refractivity contribution is -0.230. The number of methoxy groups -OCH3 is 1. The third-order valence-corrected chi connectivity index (χ3v) is 3.97. The van der Waals surface area contributed by atoms with Gasteiger partial charge in [0.1, 0.15) is 6.10 Å². The summed E-state index contributed by atoms with van der Waals surface area (Å²) < 4.78 is 28.1. The Kier molecular flexibility index (Phi) is 4.68. The molecule has 6 nitrogen and oxygen atoms in total. The van der Waals surface area contributed by atoms with Crippen molar-refractivity contribution in [2.24, 2.45) is 0 Å². The average molecular weight is 322 g/mol. The van der Waals surface area contributed by atoms with E-state index in [0.29, 0.717) is 13.0 Å². The highest BCUT2D eigenvalue weighted by atomic mass is 16.8. The van der Waals surface area contributed by atoms with Gasteiger partial charge in [-0.05, 0) is 19.4 Å². The molecular weight excluding hydrogens is 300 g/mol. The van der Waals surface area contributed by atoms with Gasteiger partial charge in [0.15, 0.2) is 18.2 Å². The lowest BCUT2D eigenvalue weighted by atomic mass is 10.0. The number of esters is 1. The van der Waals surface area contributed by atoms with Gasteiger partial charge in [-0.1, -0.05) is 30.3 Å². The minimum atomic E-state index is -0.769. The van der Waals surface area contributed by atoms with Crippen molar-refractivity contribution >= 4 is 5.97 Å². The van der Waals surface area contributed by atoms with E-state index in [1.165, 1.54) is 7.11 Å². The van der Waals surface area contributed by atoms with Crippen molar-refractivity contribution < 1.29 is 28.5 Å². The molecule has 2 heterocycles. The molecule has 0 bridgehead atoms. The second kappa shape index (κ2) is 6.57. The van der Waals surface area contributed by atoms with Crippen LogP contribution in [0, 0.1) is 0 Å². The molecule has 0 amide bonds. The molecule has 2 fully saturated rings. The molecule has 1 aromatic rings. The van der Waals surface area contributed by atoms with Crippen LogP contribution in [0.1, 0.15) is 25.8 Å². The Labute approximate surface area is 135 Å². The zero-order valence-electron chi connectivity index (χ0n) is 13.6. The zero-order chi connectivity index (χ0) is 16.4. The zero-order valence-corrected chi connectivity index (χ0v) is 13.6. The Bertz CT molecular complexity index is 543. The van der Waals surface area contributed by atoms with Crippen LogP contribution in [0.2, 0.25) is 0 Å². The summed E-state index contributed by atoms with van der Waals surface area (Å²) in [6, 6.07) is 9.86. The number of carbonyl (C=O) groups excluding carboxylic acids is 1. The van der Waals surface area contributed by atoms with Crippen molar-refractivity contribution in [1.29, 1.82) is 0 Å². The van der Waals surface area contributed by atoms with E-state index in [9.17, 15) is 4.79 Å². The SMILES string of the molecule is COC(=O)C1CC(OCc2ccccc2)C2OC(C)(C)OC2O1. The summed E-state index contributed by atoms with van der Waals surface area (Å²) in [4.78, 5) is 11.8. The van der Waals surface area contributed by atoms with Crippen LogP contribution >= 0.6 is 0 Å². The van der Waals surface area contributed by atoms with E-state index < -0.39 is 24.2 Å². The maximum absolute atomic E-state index is 11.8. The predicted molar refractivity (Wildman–Crippen MR) is 80.4 cm³/mol. The van der Waals surface area contributed by atoms with Gasteiger partial charge in [0, 0.05) is 6.42 Å². The van der Waals surface area contributed by atoms with Gasteiger partial charge < -0.3 is 23.7 Å². The van der Waals surface area contributed by atoms with Gasteiger partial charge in [-0.3, -0.25) is 0 Å². The monoisotopic (exact) mass is 322 g/mol. The van der Waals surface area contributed by atoms with E-state index in [1.54, 1.807) is 0 Å². The number of benzene rings is 1. The van der Waals surface area contributed by atoms with Gasteiger partial charge in [0.2, 0.25) is 0 Å². The maximum atomic E-state index is 11.8. The first-order valence-electron chi connectivity index (χ1n) is 7.73.